The van der Waals surface area contributed by atoms with E-state index in [4.69, 9.17) is 5.11 Å². The maximum absolute atomic E-state index is 13.4. The molecule has 6 nitrogen and oxygen atoms in total. The molecule has 1 aromatic rings. The number of carboxylic acid groups (broad SMARTS) is 1. The van der Waals surface area contributed by atoms with Crippen LogP contribution in [0.4, 0.5) is 20.2 Å². The van der Waals surface area contributed by atoms with Crippen LogP contribution in [0.2, 0.25) is 0 Å². The molecule has 0 fully saturated rings. The second kappa shape index (κ2) is 6.07. The van der Waals surface area contributed by atoms with Crippen LogP contribution in [-0.4, -0.2) is 22.0 Å². The summed E-state index contributed by atoms with van der Waals surface area (Å²) in [5.74, 6) is -3.23. The highest BCUT2D eigenvalue weighted by atomic mass is 19.1. The summed E-state index contributed by atoms with van der Waals surface area (Å²) in [4.78, 5) is 19.9. The van der Waals surface area contributed by atoms with Crippen LogP contribution >= 0.6 is 0 Å². The summed E-state index contributed by atoms with van der Waals surface area (Å²) in [5.41, 5.74) is -1.07. The number of nitrogens with zero attached hydrogens (tertiary/aromatic N) is 1. The average molecular weight is 274 g/mol. The summed E-state index contributed by atoms with van der Waals surface area (Å²) < 4.78 is 26.5. The first-order chi connectivity index (χ1) is 8.81. The second-order valence-electron chi connectivity index (χ2n) is 4.02. The van der Waals surface area contributed by atoms with Crippen molar-refractivity contribution in [1.29, 1.82) is 0 Å². The zero-order valence-corrected chi connectivity index (χ0v) is 10.0. The summed E-state index contributed by atoms with van der Waals surface area (Å²) in [6.45, 7) is 1.59. The molecule has 0 saturated carbocycles. The third-order valence-corrected chi connectivity index (χ3v) is 2.43. The molecule has 0 bridgehead atoms. The van der Waals surface area contributed by atoms with E-state index in [0.717, 1.165) is 6.07 Å². The molecule has 19 heavy (non-hydrogen) atoms. The molecule has 2 N–H and O–H groups in total. The molecule has 1 rings (SSSR count). The predicted octanol–water partition coefficient (Wildman–Crippen LogP) is 2.54. The van der Waals surface area contributed by atoms with E-state index in [1.54, 1.807) is 6.92 Å². The van der Waals surface area contributed by atoms with Crippen molar-refractivity contribution in [3.8, 4) is 0 Å². The van der Waals surface area contributed by atoms with Gasteiger partial charge < -0.3 is 10.4 Å². The van der Waals surface area contributed by atoms with Gasteiger partial charge in [0.1, 0.15) is 5.82 Å². The number of carboxylic acids is 1. The van der Waals surface area contributed by atoms with Crippen LogP contribution in [0.15, 0.2) is 12.1 Å². The number of anilines is 1. The summed E-state index contributed by atoms with van der Waals surface area (Å²) in [6.07, 6.45) is 0.0824. The number of nitrogens with one attached hydrogen (secondary N) is 1. The van der Waals surface area contributed by atoms with Crippen LogP contribution in [0.25, 0.3) is 0 Å². The van der Waals surface area contributed by atoms with Gasteiger partial charge in [-0.2, -0.15) is 4.39 Å². The number of hydrogen-bond acceptors (Lipinski definition) is 4. The Bertz CT molecular complexity index is 508. The maximum atomic E-state index is 13.4. The summed E-state index contributed by atoms with van der Waals surface area (Å²) in [5, 5.41) is 21.6. The molecule has 8 heteroatoms. The van der Waals surface area contributed by atoms with E-state index in [0.29, 0.717) is 6.07 Å². The minimum absolute atomic E-state index is 0.126. The lowest BCUT2D eigenvalue weighted by molar-refractivity contribution is -0.387. The molecule has 0 aliphatic carbocycles. The summed E-state index contributed by atoms with van der Waals surface area (Å²) in [7, 11) is 0. The molecule has 1 aromatic carbocycles. The van der Waals surface area contributed by atoms with Crippen LogP contribution in [0.1, 0.15) is 19.8 Å². The number of hydrogen-bond donors (Lipinski definition) is 2. The Kier molecular flexibility index (Phi) is 4.74. The first kappa shape index (κ1) is 14.8. The van der Waals surface area contributed by atoms with Crippen molar-refractivity contribution in [3.63, 3.8) is 0 Å². The molecular weight excluding hydrogens is 262 g/mol. The van der Waals surface area contributed by atoms with Gasteiger partial charge in [0.05, 0.1) is 10.6 Å². The zero-order valence-electron chi connectivity index (χ0n) is 10.0. The lowest BCUT2D eigenvalue weighted by Gasteiger charge is -2.14. The van der Waals surface area contributed by atoms with Gasteiger partial charge in [-0.3, -0.25) is 14.9 Å². The highest BCUT2D eigenvalue weighted by Crippen LogP contribution is 2.25. The van der Waals surface area contributed by atoms with Crippen molar-refractivity contribution in [3.05, 3.63) is 33.9 Å². The van der Waals surface area contributed by atoms with Crippen molar-refractivity contribution in [2.45, 2.75) is 25.8 Å². The molecular formula is C11H12F2N2O4. The van der Waals surface area contributed by atoms with E-state index in [2.05, 4.69) is 5.32 Å². The van der Waals surface area contributed by atoms with E-state index >= 15 is 0 Å². The van der Waals surface area contributed by atoms with Crippen LogP contribution in [0, 0.1) is 21.7 Å². The van der Waals surface area contributed by atoms with Crippen molar-refractivity contribution in [2.24, 2.45) is 0 Å². The maximum Gasteiger partial charge on any atom is 0.307 e. The highest BCUT2D eigenvalue weighted by molar-refractivity contribution is 5.66. The average Bonchev–Trinajstić information content (AvgIpc) is 2.29. The van der Waals surface area contributed by atoms with Crippen LogP contribution in [0.3, 0.4) is 0 Å². The fraction of sp³-hybridized carbons (Fsp3) is 0.364. The van der Waals surface area contributed by atoms with Crippen LogP contribution in [-0.2, 0) is 4.79 Å². The Morgan fingerprint density at radius 3 is 2.63 bits per heavy atom. The van der Waals surface area contributed by atoms with Gasteiger partial charge in [0, 0.05) is 24.6 Å². The number of aliphatic carboxylic acids is 1. The lowest BCUT2D eigenvalue weighted by atomic mass is 10.1. The van der Waals surface area contributed by atoms with E-state index in [-0.39, 0.29) is 18.5 Å². The molecule has 0 aromatic heterocycles. The van der Waals surface area contributed by atoms with Crippen molar-refractivity contribution in [1.82, 2.24) is 0 Å². The Hall–Kier alpha value is -2.25. The molecule has 0 saturated heterocycles. The molecule has 0 heterocycles. The van der Waals surface area contributed by atoms with E-state index < -0.39 is 34.3 Å². The van der Waals surface area contributed by atoms with Gasteiger partial charge in [0.2, 0.25) is 5.82 Å². The standard InChI is InChI=1S/C11H12F2N2O4/c1-6(2-3-11(16)17)14-9-5-10(15(18)19)8(13)4-7(9)12/h4-6,14H,2-3H2,1H3,(H,16,17). The monoisotopic (exact) mass is 274 g/mol. The van der Waals surface area contributed by atoms with Crippen LogP contribution in [0.5, 0.6) is 0 Å². The Morgan fingerprint density at radius 2 is 2.11 bits per heavy atom. The van der Waals surface area contributed by atoms with Crippen LogP contribution < -0.4 is 5.32 Å². The topological polar surface area (TPSA) is 92.5 Å². The highest BCUT2D eigenvalue weighted by Gasteiger charge is 2.19. The van der Waals surface area contributed by atoms with E-state index in [9.17, 15) is 23.7 Å². The molecule has 0 amide bonds. The number of carbonyl (C=O) groups is 1. The van der Waals surface area contributed by atoms with Crippen molar-refractivity contribution >= 4 is 17.3 Å². The predicted molar refractivity (Wildman–Crippen MR) is 63.0 cm³/mol. The Balaban J connectivity index is 2.85. The molecule has 0 spiro atoms. The normalized spacial score (nSPS) is 11.9. The Morgan fingerprint density at radius 1 is 1.47 bits per heavy atom. The van der Waals surface area contributed by atoms with Crippen molar-refractivity contribution < 1.29 is 23.6 Å². The fourth-order valence-corrected chi connectivity index (χ4v) is 1.47. The number of nitro benzene ring substituents is 1. The molecule has 0 radical (unpaired) electrons. The summed E-state index contributed by atoms with van der Waals surface area (Å²) >= 11 is 0. The lowest BCUT2D eigenvalue weighted by Crippen LogP contribution is -2.17. The first-order valence-corrected chi connectivity index (χ1v) is 5.43. The summed E-state index contributed by atoms with van der Waals surface area (Å²) in [6, 6.07) is 0.752. The number of rotatable bonds is 6. The molecule has 104 valence electrons. The number of benzene rings is 1. The van der Waals surface area contributed by atoms with Gasteiger partial charge >= 0.3 is 11.7 Å². The third kappa shape index (κ3) is 4.16. The fourth-order valence-electron chi connectivity index (χ4n) is 1.47. The first-order valence-electron chi connectivity index (χ1n) is 5.43. The largest absolute Gasteiger partial charge is 0.481 e. The van der Waals surface area contributed by atoms with Gasteiger partial charge in [0.25, 0.3) is 0 Å². The van der Waals surface area contributed by atoms with Gasteiger partial charge in [0.15, 0.2) is 0 Å². The van der Waals surface area contributed by atoms with Gasteiger partial charge in [-0.25, -0.2) is 4.39 Å². The molecule has 1 unspecified atom stereocenters. The molecule has 0 aliphatic heterocycles. The molecule has 1 atom stereocenters. The quantitative estimate of drug-likeness (QED) is 0.614. The van der Waals surface area contributed by atoms with E-state index in [1.807, 2.05) is 0 Å². The van der Waals surface area contributed by atoms with Crippen molar-refractivity contribution in [2.75, 3.05) is 5.32 Å². The Labute approximate surface area is 107 Å². The number of nitro groups is 1. The van der Waals surface area contributed by atoms with Gasteiger partial charge in [-0.05, 0) is 13.3 Å². The zero-order chi connectivity index (χ0) is 14.6. The van der Waals surface area contributed by atoms with Gasteiger partial charge in [-0.15, -0.1) is 0 Å². The third-order valence-electron chi connectivity index (χ3n) is 2.43. The minimum atomic E-state index is -1.26. The smallest absolute Gasteiger partial charge is 0.307 e. The SMILES string of the molecule is CC(CCC(=O)O)Nc1cc([N+](=O)[O-])c(F)cc1F. The second-order valence-corrected chi connectivity index (χ2v) is 4.02. The van der Waals surface area contributed by atoms with E-state index in [1.165, 1.54) is 0 Å². The molecule has 0 aliphatic rings. The number of halogens is 2. The minimum Gasteiger partial charge on any atom is -0.481 e. The van der Waals surface area contributed by atoms with Gasteiger partial charge in [-0.1, -0.05) is 0 Å².